The predicted molar refractivity (Wildman–Crippen MR) is 80.9 cm³/mol. The number of nitrogen functional groups attached to an aromatic ring is 1. The van der Waals surface area contributed by atoms with Crippen molar-refractivity contribution in [1.29, 1.82) is 0 Å². The number of ether oxygens (including phenoxy) is 1. The van der Waals surface area contributed by atoms with E-state index in [1.807, 2.05) is 18.3 Å². The summed E-state index contributed by atoms with van der Waals surface area (Å²) in [6, 6.07) is 6.66. The van der Waals surface area contributed by atoms with E-state index in [0.717, 1.165) is 29.6 Å². The number of morpholine rings is 1. The van der Waals surface area contributed by atoms with E-state index in [0.29, 0.717) is 12.1 Å². The summed E-state index contributed by atoms with van der Waals surface area (Å²) >= 11 is 0. The fraction of sp³-hybridized carbons (Fsp3) is 0.438. The number of aromatic nitrogens is 1. The molecule has 0 spiro atoms. The molecule has 1 aromatic heterocycles. The number of hydrogen-bond acceptors (Lipinski definition) is 4. The molecule has 2 N–H and O–H groups in total. The summed E-state index contributed by atoms with van der Waals surface area (Å²) in [5.41, 5.74) is 8.16. The molecule has 1 aromatic carbocycles. The van der Waals surface area contributed by atoms with Gasteiger partial charge in [-0.15, -0.1) is 0 Å². The van der Waals surface area contributed by atoms with Crippen molar-refractivity contribution in [3.63, 3.8) is 0 Å². The van der Waals surface area contributed by atoms with Crippen LogP contribution in [0.25, 0.3) is 10.8 Å². The van der Waals surface area contributed by atoms with Crippen molar-refractivity contribution >= 4 is 22.1 Å². The zero-order chi connectivity index (χ0) is 13.5. The molecule has 20 heavy (non-hydrogen) atoms. The van der Waals surface area contributed by atoms with Gasteiger partial charge in [-0.05, 0) is 37.5 Å². The monoisotopic (exact) mass is 269 g/mol. The maximum absolute atomic E-state index is 6.09. The van der Waals surface area contributed by atoms with Crippen LogP contribution in [0.15, 0.2) is 30.6 Å². The summed E-state index contributed by atoms with van der Waals surface area (Å²) < 4.78 is 5.91. The molecule has 2 atom stereocenters. The molecular weight excluding hydrogens is 250 g/mol. The van der Waals surface area contributed by atoms with E-state index in [-0.39, 0.29) is 0 Å². The number of fused-ring (bicyclic) bond motifs is 2. The van der Waals surface area contributed by atoms with Gasteiger partial charge in [0.1, 0.15) is 0 Å². The first kappa shape index (κ1) is 12.0. The highest BCUT2D eigenvalue weighted by atomic mass is 16.5. The average Bonchev–Trinajstić information content (AvgIpc) is 2.97. The summed E-state index contributed by atoms with van der Waals surface area (Å²) in [6.45, 7) is 1.77. The lowest BCUT2D eigenvalue weighted by Gasteiger charge is -2.40. The van der Waals surface area contributed by atoms with E-state index in [2.05, 4.69) is 16.0 Å². The van der Waals surface area contributed by atoms with Crippen LogP contribution >= 0.6 is 0 Å². The van der Waals surface area contributed by atoms with Gasteiger partial charge in [-0.25, -0.2) is 0 Å². The lowest BCUT2D eigenvalue weighted by Crippen LogP contribution is -2.48. The zero-order valence-electron chi connectivity index (χ0n) is 11.5. The maximum atomic E-state index is 6.09. The van der Waals surface area contributed by atoms with Crippen LogP contribution in [0.4, 0.5) is 11.4 Å². The molecule has 1 aliphatic heterocycles. The lowest BCUT2D eigenvalue weighted by atomic mass is 10.0. The summed E-state index contributed by atoms with van der Waals surface area (Å²) in [7, 11) is 0. The molecule has 0 bridgehead atoms. The van der Waals surface area contributed by atoms with Gasteiger partial charge < -0.3 is 15.4 Å². The second kappa shape index (κ2) is 4.63. The Kier molecular flexibility index (Phi) is 2.77. The third kappa shape index (κ3) is 1.75. The van der Waals surface area contributed by atoms with E-state index in [4.69, 9.17) is 10.5 Å². The first-order valence-corrected chi connectivity index (χ1v) is 7.35. The van der Waals surface area contributed by atoms with Crippen LogP contribution in [0.3, 0.4) is 0 Å². The molecule has 2 aromatic rings. The van der Waals surface area contributed by atoms with Crippen LogP contribution in [-0.4, -0.2) is 30.3 Å². The average molecular weight is 269 g/mol. The molecule has 2 unspecified atom stereocenters. The van der Waals surface area contributed by atoms with Gasteiger partial charge in [0.15, 0.2) is 0 Å². The molecule has 104 valence electrons. The second-order valence-corrected chi connectivity index (χ2v) is 5.70. The van der Waals surface area contributed by atoms with Crippen molar-refractivity contribution in [2.24, 2.45) is 0 Å². The van der Waals surface area contributed by atoms with Crippen LogP contribution < -0.4 is 10.6 Å². The number of hydrogen-bond donors (Lipinski definition) is 1. The Morgan fingerprint density at radius 1 is 1.20 bits per heavy atom. The molecule has 1 saturated carbocycles. The van der Waals surface area contributed by atoms with Crippen LogP contribution in [0, 0.1) is 0 Å². The Morgan fingerprint density at radius 2 is 2.15 bits per heavy atom. The maximum Gasteiger partial charge on any atom is 0.0779 e. The highest BCUT2D eigenvalue weighted by Gasteiger charge is 2.36. The summed E-state index contributed by atoms with van der Waals surface area (Å²) in [4.78, 5) is 6.79. The standard InChI is InChI=1S/C16H19N3O/c17-13-4-5-14(12-10-18-7-6-11(12)13)19-8-9-20-16-3-1-2-15(16)19/h4-7,10,15-16H,1-3,8-9,17H2. The number of anilines is 2. The van der Waals surface area contributed by atoms with Crippen molar-refractivity contribution in [3.05, 3.63) is 30.6 Å². The van der Waals surface area contributed by atoms with Crippen molar-refractivity contribution in [2.45, 2.75) is 31.4 Å². The molecule has 1 aliphatic carbocycles. The highest BCUT2D eigenvalue weighted by molar-refractivity contribution is 6.00. The van der Waals surface area contributed by atoms with Gasteiger partial charge in [-0.1, -0.05) is 0 Å². The summed E-state index contributed by atoms with van der Waals surface area (Å²) in [6.07, 6.45) is 7.80. The van der Waals surface area contributed by atoms with Crippen LogP contribution in [0.2, 0.25) is 0 Å². The van der Waals surface area contributed by atoms with E-state index < -0.39 is 0 Å². The molecule has 4 nitrogen and oxygen atoms in total. The van der Waals surface area contributed by atoms with Gasteiger partial charge in [0, 0.05) is 41.1 Å². The molecule has 4 heteroatoms. The molecule has 2 aliphatic rings. The Labute approximate surface area is 118 Å². The topological polar surface area (TPSA) is 51.4 Å². The largest absolute Gasteiger partial charge is 0.398 e. The fourth-order valence-electron chi connectivity index (χ4n) is 3.67. The fourth-order valence-corrected chi connectivity index (χ4v) is 3.67. The van der Waals surface area contributed by atoms with E-state index >= 15 is 0 Å². The number of pyridine rings is 1. The number of nitrogens with two attached hydrogens (primary N) is 1. The normalized spacial score (nSPS) is 25.9. The van der Waals surface area contributed by atoms with Crippen LogP contribution in [0.1, 0.15) is 19.3 Å². The molecule has 0 amide bonds. The molecule has 0 radical (unpaired) electrons. The summed E-state index contributed by atoms with van der Waals surface area (Å²) in [5.74, 6) is 0. The third-order valence-electron chi connectivity index (χ3n) is 4.62. The van der Waals surface area contributed by atoms with Crippen LogP contribution in [-0.2, 0) is 4.74 Å². The quantitative estimate of drug-likeness (QED) is 0.808. The molecular formula is C16H19N3O. The smallest absolute Gasteiger partial charge is 0.0779 e. The van der Waals surface area contributed by atoms with E-state index in [1.54, 1.807) is 6.20 Å². The van der Waals surface area contributed by atoms with Gasteiger partial charge in [0.2, 0.25) is 0 Å². The number of nitrogens with zero attached hydrogens (tertiary/aromatic N) is 2. The van der Waals surface area contributed by atoms with Gasteiger partial charge in [-0.3, -0.25) is 4.98 Å². The van der Waals surface area contributed by atoms with Gasteiger partial charge in [-0.2, -0.15) is 0 Å². The lowest BCUT2D eigenvalue weighted by molar-refractivity contribution is 0.0257. The van der Waals surface area contributed by atoms with E-state index in [1.165, 1.54) is 24.9 Å². The number of benzene rings is 1. The van der Waals surface area contributed by atoms with Gasteiger partial charge >= 0.3 is 0 Å². The first-order chi connectivity index (χ1) is 9.84. The molecule has 4 rings (SSSR count). The Hall–Kier alpha value is -1.81. The van der Waals surface area contributed by atoms with Gasteiger partial charge in [0.25, 0.3) is 0 Å². The molecule has 1 saturated heterocycles. The Balaban J connectivity index is 1.83. The number of rotatable bonds is 1. The predicted octanol–water partition coefficient (Wildman–Crippen LogP) is 2.57. The Bertz CT molecular complexity index is 643. The minimum absolute atomic E-state index is 0.396. The van der Waals surface area contributed by atoms with Gasteiger partial charge in [0.05, 0.1) is 18.8 Å². The minimum atomic E-state index is 0.396. The third-order valence-corrected chi connectivity index (χ3v) is 4.62. The zero-order valence-corrected chi connectivity index (χ0v) is 11.5. The van der Waals surface area contributed by atoms with Crippen LogP contribution in [0.5, 0.6) is 0 Å². The first-order valence-electron chi connectivity index (χ1n) is 7.35. The van der Waals surface area contributed by atoms with Crippen molar-refractivity contribution in [2.75, 3.05) is 23.8 Å². The van der Waals surface area contributed by atoms with Crippen molar-refractivity contribution in [3.8, 4) is 0 Å². The van der Waals surface area contributed by atoms with Crippen molar-refractivity contribution < 1.29 is 4.74 Å². The molecule has 2 heterocycles. The van der Waals surface area contributed by atoms with Crippen molar-refractivity contribution in [1.82, 2.24) is 4.98 Å². The highest BCUT2D eigenvalue weighted by Crippen LogP contribution is 2.37. The van der Waals surface area contributed by atoms with E-state index in [9.17, 15) is 0 Å². The summed E-state index contributed by atoms with van der Waals surface area (Å²) in [5, 5.41) is 2.25. The minimum Gasteiger partial charge on any atom is -0.398 e. The molecule has 2 fully saturated rings. The Morgan fingerprint density at radius 3 is 3.10 bits per heavy atom. The SMILES string of the molecule is Nc1ccc(N2CCOC3CCCC32)c2cnccc12. The second-order valence-electron chi connectivity index (χ2n) is 5.70.